The number of aromatic nitrogens is 3. The van der Waals surface area contributed by atoms with Crippen molar-refractivity contribution in [3.8, 4) is 5.75 Å². The predicted molar refractivity (Wildman–Crippen MR) is 130 cm³/mol. The first kappa shape index (κ1) is 25.3. The Bertz CT molecular complexity index is 834. The Kier molecular flexibility index (Phi) is 9.97. The van der Waals surface area contributed by atoms with E-state index < -0.39 is 0 Å². The lowest BCUT2D eigenvalue weighted by Crippen LogP contribution is -2.50. The second kappa shape index (κ2) is 12.2. The van der Waals surface area contributed by atoms with Crippen LogP contribution in [0.15, 0.2) is 29.3 Å². The molecule has 2 aromatic rings. The van der Waals surface area contributed by atoms with Crippen LogP contribution in [0.2, 0.25) is 0 Å². The van der Waals surface area contributed by atoms with E-state index in [0.717, 1.165) is 35.8 Å². The number of ether oxygens (including phenoxy) is 3. The van der Waals surface area contributed by atoms with Crippen molar-refractivity contribution in [2.45, 2.75) is 38.5 Å². The molecule has 0 spiro atoms. The number of benzene rings is 1. The van der Waals surface area contributed by atoms with Gasteiger partial charge in [-0.05, 0) is 24.6 Å². The molecule has 2 heterocycles. The molecule has 1 fully saturated rings. The summed E-state index contributed by atoms with van der Waals surface area (Å²) in [6.07, 6.45) is 1.70. The Hall–Kier alpha value is -1.92. The van der Waals surface area contributed by atoms with Crippen molar-refractivity contribution < 1.29 is 14.2 Å². The third-order valence-electron chi connectivity index (χ3n) is 5.59. The van der Waals surface area contributed by atoms with Gasteiger partial charge in [0.05, 0.1) is 25.8 Å². The molecule has 0 unspecified atom stereocenters. The molecule has 0 amide bonds. The van der Waals surface area contributed by atoms with Gasteiger partial charge in [0.1, 0.15) is 11.6 Å². The van der Waals surface area contributed by atoms with Crippen molar-refractivity contribution >= 4 is 29.9 Å². The highest BCUT2D eigenvalue weighted by molar-refractivity contribution is 14.0. The van der Waals surface area contributed by atoms with Gasteiger partial charge in [-0.3, -0.25) is 0 Å². The van der Waals surface area contributed by atoms with E-state index >= 15 is 0 Å². The molecule has 1 saturated heterocycles. The number of nitrogens with zero attached hydrogens (tertiary/aromatic N) is 4. The van der Waals surface area contributed by atoms with Crippen LogP contribution in [-0.4, -0.2) is 60.3 Å². The highest BCUT2D eigenvalue weighted by Crippen LogP contribution is 2.23. The summed E-state index contributed by atoms with van der Waals surface area (Å²) in [5.74, 6) is 3.25. The van der Waals surface area contributed by atoms with E-state index in [1.54, 1.807) is 14.2 Å². The van der Waals surface area contributed by atoms with Gasteiger partial charge < -0.3 is 29.4 Å². The second-order valence-corrected chi connectivity index (χ2v) is 7.44. The second-order valence-electron chi connectivity index (χ2n) is 7.44. The zero-order valence-corrected chi connectivity index (χ0v) is 21.0. The minimum absolute atomic E-state index is 0. The van der Waals surface area contributed by atoms with Crippen LogP contribution in [0, 0.1) is 6.92 Å². The van der Waals surface area contributed by atoms with E-state index in [-0.39, 0.29) is 29.6 Å². The van der Waals surface area contributed by atoms with E-state index in [1.165, 1.54) is 0 Å². The van der Waals surface area contributed by atoms with Crippen LogP contribution in [-0.2, 0) is 29.6 Å². The number of aryl methyl sites for hydroxylation is 1. The third-order valence-corrected chi connectivity index (χ3v) is 5.59. The summed E-state index contributed by atoms with van der Waals surface area (Å²) in [7, 11) is 5.38. The van der Waals surface area contributed by atoms with Crippen molar-refractivity contribution in [3.63, 3.8) is 0 Å². The number of rotatable bonds is 8. The SMILES string of the molecule is COc1ccc(CN=C(NCc2nnc(C)n2C)NCC2(OC)CCOCC2)cc1.I. The minimum Gasteiger partial charge on any atom is -0.497 e. The van der Waals surface area contributed by atoms with Crippen LogP contribution in [0.3, 0.4) is 0 Å². The molecular weight excluding hydrogens is 511 g/mol. The molecule has 0 atom stereocenters. The van der Waals surface area contributed by atoms with Crippen molar-refractivity contribution in [1.82, 2.24) is 25.4 Å². The Balaban J connectivity index is 0.00000341. The number of halogens is 1. The fraction of sp³-hybridized carbons (Fsp3) is 0.571. The molecule has 31 heavy (non-hydrogen) atoms. The third kappa shape index (κ3) is 7.04. The molecule has 3 rings (SSSR count). The van der Waals surface area contributed by atoms with Gasteiger partial charge in [-0.2, -0.15) is 0 Å². The van der Waals surface area contributed by atoms with Crippen LogP contribution in [0.5, 0.6) is 5.75 Å². The Morgan fingerprint density at radius 1 is 1.16 bits per heavy atom. The van der Waals surface area contributed by atoms with Gasteiger partial charge in [0, 0.05) is 46.8 Å². The Morgan fingerprint density at radius 2 is 1.87 bits per heavy atom. The van der Waals surface area contributed by atoms with E-state index in [9.17, 15) is 0 Å². The lowest BCUT2D eigenvalue weighted by atomic mass is 9.94. The van der Waals surface area contributed by atoms with Gasteiger partial charge in [-0.1, -0.05) is 12.1 Å². The molecule has 0 saturated carbocycles. The summed E-state index contributed by atoms with van der Waals surface area (Å²) in [6, 6.07) is 7.91. The highest BCUT2D eigenvalue weighted by atomic mass is 127. The molecule has 0 aliphatic carbocycles. The first-order chi connectivity index (χ1) is 14.5. The van der Waals surface area contributed by atoms with E-state index in [0.29, 0.717) is 38.8 Å². The molecule has 172 valence electrons. The molecule has 0 bridgehead atoms. The summed E-state index contributed by atoms with van der Waals surface area (Å²) in [5, 5.41) is 15.1. The zero-order valence-electron chi connectivity index (χ0n) is 18.7. The van der Waals surface area contributed by atoms with Crippen molar-refractivity contribution in [1.29, 1.82) is 0 Å². The maximum Gasteiger partial charge on any atom is 0.192 e. The Morgan fingerprint density at radius 3 is 2.45 bits per heavy atom. The van der Waals surface area contributed by atoms with Gasteiger partial charge in [-0.25, -0.2) is 4.99 Å². The molecule has 9 nitrogen and oxygen atoms in total. The smallest absolute Gasteiger partial charge is 0.192 e. The van der Waals surface area contributed by atoms with Gasteiger partial charge in [-0.15, -0.1) is 34.2 Å². The van der Waals surface area contributed by atoms with Gasteiger partial charge in [0.25, 0.3) is 0 Å². The van der Waals surface area contributed by atoms with E-state index in [1.807, 2.05) is 42.8 Å². The van der Waals surface area contributed by atoms with Crippen LogP contribution in [0.1, 0.15) is 30.1 Å². The molecule has 1 aliphatic heterocycles. The van der Waals surface area contributed by atoms with Gasteiger partial charge >= 0.3 is 0 Å². The molecule has 2 N–H and O–H groups in total. The predicted octanol–water partition coefficient (Wildman–Crippen LogP) is 2.18. The molecule has 1 aromatic carbocycles. The number of methoxy groups -OCH3 is 2. The van der Waals surface area contributed by atoms with Crippen molar-refractivity contribution in [3.05, 3.63) is 41.5 Å². The number of hydrogen-bond donors (Lipinski definition) is 2. The quantitative estimate of drug-likeness (QED) is 0.299. The van der Waals surface area contributed by atoms with Gasteiger partial charge in [0.2, 0.25) is 0 Å². The molecule has 0 radical (unpaired) electrons. The van der Waals surface area contributed by atoms with Crippen LogP contribution < -0.4 is 15.4 Å². The lowest BCUT2D eigenvalue weighted by Gasteiger charge is -2.36. The summed E-state index contributed by atoms with van der Waals surface area (Å²) in [6.45, 7) is 5.06. The van der Waals surface area contributed by atoms with Crippen molar-refractivity contribution in [2.24, 2.45) is 12.0 Å². The molecule has 1 aliphatic rings. The summed E-state index contributed by atoms with van der Waals surface area (Å²) >= 11 is 0. The van der Waals surface area contributed by atoms with E-state index in [4.69, 9.17) is 19.2 Å². The standard InChI is InChI=1S/C21H32N6O3.HI/c1-16-25-26-19(27(16)2)14-23-20(22-13-17-5-7-18(28-3)8-6-17)24-15-21(29-4)9-11-30-12-10-21;/h5-8H,9-15H2,1-4H3,(H2,22,23,24);1H. The normalized spacial score (nSPS) is 15.8. The summed E-state index contributed by atoms with van der Waals surface area (Å²) < 4.78 is 18.5. The number of aliphatic imine (C=N–C) groups is 1. The first-order valence-electron chi connectivity index (χ1n) is 10.2. The van der Waals surface area contributed by atoms with Crippen LogP contribution >= 0.6 is 24.0 Å². The highest BCUT2D eigenvalue weighted by Gasteiger charge is 2.32. The van der Waals surface area contributed by atoms with Crippen LogP contribution in [0.4, 0.5) is 0 Å². The largest absolute Gasteiger partial charge is 0.497 e. The molecule has 1 aromatic heterocycles. The minimum atomic E-state index is -0.248. The average molecular weight is 544 g/mol. The maximum atomic E-state index is 5.84. The first-order valence-corrected chi connectivity index (χ1v) is 10.2. The van der Waals surface area contributed by atoms with E-state index in [2.05, 4.69) is 20.8 Å². The number of guanidine groups is 1. The monoisotopic (exact) mass is 544 g/mol. The summed E-state index contributed by atoms with van der Waals surface area (Å²) in [4.78, 5) is 4.76. The maximum absolute atomic E-state index is 5.84. The lowest BCUT2D eigenvalue weighted by molar-refractivity contribution is -0.0855. The average Bonchev–Trinajstić information content (AvgIpc) is 3.11. The summed E-state index contributed by atoms with van der Waals surface area (Å²) in [5.41, 5.74) is 0.848. The molecular formula is C21H33IN6O3. The zero-order chi connectivity index (χ0) is 21.4. The Labute approximate surface area is 201 Å². The fourth-order valence-electron chi connectivity index (χ4n) is 3.28. The number of nitrogens with one attached hydrogen (secondary N) is 2. The number of hydrogen-bond acceptors (Lipinski definition) is 6. The van der Waals surface area contributed by atoms with Gasteiger partial charge in [0.15, 0.2) is 11.8 Å². The molecule has 10 heteroatoms. The van der Waals surface area contributed by atoms with Crippen molar-refractivity contribution in [2.75, 3.05) is 34.0 Å². The van der Waals surface area contributed by atoms with Crippen LogP contribution in [0.25, 0.3) is 0 Å². The topological polar surface area (TPSA) is 94.8 Å². The fourth-order valence-corrected chi connectivity index (χ4v) is 3.28.